The van der Waals surface area contributed by atoms with Gasteiger partial charge in [0.25, 0.3) is 0 Å². The zero-order chi connectivity index (χ0) is 19.1. The quantitative estimate of drug-likeness (QED) is 0.432. The Morgan fingerprint density at radius 3 is 2.37 bits per heavy atom. The zero-order valence-electron chi connectivity index (χ0n) is 15.6. The van der Waals surface area contributed by atoms with E-state index in [1.54, 1.807) is 18.2 Å². The van der Waals surface area contributed by atoms with Crippen LogP contribution in [0.25, 0.3) is 10.9 Å². The fourth-order valence-corrected chi connectivity index (χ4v) is 2.77. The van der Waals surface area contributed by atoms with E-state index < -0.39 is 5.97 Å². The maximum atomic E-state index is 11.7. The SMILES string of the molecule is COC(=O)c1ccccc1OCCCCOc1cccc2ccc(C)nc12. The van der Waals surface area contributed by atoms with Crippen LogP contribution in [0.4, 0.5) is 0 Å². The first-order valence-electron chi connectivity index (χ1n) is 8.98. The van der Waals surface area contributed by atoms with Crippen LogP contribution in [0.3, 0.4) is 0 Å². The molecule has 0 atom stereocenters. The summed E-state index contributed by atoms with van der Waals surface area (Å²) in [5, 5.41) is 1.07. The molecule has 5 nitrogen and oxygen atoms in total. The normalized spacial score (nSPS) is 10.6. The lowest BCUT2D eigenvalue weighted by Crippen LogP contribution is -2.07. The third-order valence-electron chi connectivity index (χ3n) is 4.17. The summed E-state index contributed by atoms with van der Waals surface area (Å²) in [6.45, 7) is 3.06. The van der Waals surface area contributed by atoms with Gasteiger partial charge >= 0.3 is 5.97 Å². The molecule has 0 saturated carbocycles. The summed E-state index contributed by atoms with van der Waals surface area (Å²) in [6, 6.07) is 17.1. The number of pyridine rings is 1. The van der Waals surface area contributed by atoms with E-state index in [1.807, 2.05) is 37.3 Å². The lowest BCUT2D eigenvalue weighted by molar-refractivity contribution is 0.0596. The van der Waals surface area contributed by atoms with Crippen molar-refractivity contribution < 1.29 is 19.0 Å². The molecule has 3 aromatic rings. The van der Waals surface area contributed by atoms with E-state index in [0.717, 1.165) is 35.2 Å². The number of fused-ring (bicyclic) bond motifs is 1. The van der Waals surface area contributed by atoms with Crippen molar-refractivity contribution in [3.05, 3.63) is 65.9 Å². The Hall–Kier alpha value is -3.08. The summed E-state index contributed by atoms with van der Waals surface area (Å²) in [5.74, 6) is 0.944. The predicted octanol–water partition coefficient (Wildman–Crippen LogP) is 4.57. The minimum Gasteiger partial charge on any atom is -0.493 e. The Labute approximate surface area is 158 Å². The minimum atomic E-state index is -0.396. The van der Waals surface area contributed by atoms with Gasteiger partial charge in [0.15, 0.2) is 0 Å². The fourth-order valence-electron chi connectivity index (χ4n) is 2.77. The summed E-state index contributed by atoms with van der Waals surface area (Å²) in [4.78, 5) is 16.3. The van der Waals surface area contributed by atoms with Gasteiger partial charge in [0.1, 0.15) is 22.6 Å². The fraction of sp³-hybridized carbons (Fsp3) is 0.273. The first-order chi connectivity index (χ1) is 13.2. The number of carbonyl (C=O) groups excluding carboxylic acids is 1. The second-order valence-corrected chi connectivity index (χ2v) is 6.17. The average Bonchev–Trinajstić information content (AvgIpc) is 2.70. The highest BCUT2D eigenvalue weighted by Gasteiger charge is 2.11. The van der Waals surface area contributed by atoms with Crippen molar-refractivity contribution in [1.29, 1.82) is 0 Å². The molecule has 0 amide bonds. The Bertz CT molecular complexity index is 923. The van der Waals surface area contributed by atoms with E-state index in [1.165, 1.54) is 7.11 Å². The number of hydrogen-bond donors (Lipinski definition) is 0. The molecule has 0 unspecified atom stereocenters. The number of methoxy groups -OCH3 is 1. The predicted molar refractivity (Wildman–Crippen MR) is 104 cm³/mol. The van der Waals surface area contributed by atoms with Crippen molar-refractivity contribution in [3.63, 3.8) is 0 Å². The summed E-state index contributed by atoms with van der Waals surface area (Å²) in [6.07, 6.45) is 1.65. The molecule has 3 rings (SSSR count). The van der Waals surface area contributed by atoms with E-state index in [0.29, 0.717) is 24.5 Å². The Kier molecular flexibility index (Phi) is 6.26. The summed E-state index contributed by atoms with van der Waals surface area (Å²) >= 11 is 0. The zero-order valence-corrected chi connectivity index (χ0v) is 15.6. The first-order valence-corrected chi connectivity index (χ1v) is 8.98. The molecule has 140 valence electrons. The lowest BCUT2D eigenvalue weighted by atomic mass is 10.2. The highest BCUT2D eigenvalue weighted by molar-refractivity contribution is 5.92. The number of aromatic nitrogens is 1. The molecule has 1 aromatic heterocycles. The maximum Gasteiger partial charge on any atom is 0.341 e. The molecule has 27 heavy (non-hydrogen) atoms. The lowest BCUT2D eigenvalue weighted by Gasteiger charge is -2.11. The average molecular weight is 365 g/mol. The number of hydrogen-bond acceptors (Lipinski definition) is 5. The van der Waals surface area contributed by atoms with E-state index in [2.05, 4.69) is 11.1 Å². The number of esters is 1. The van der Waals surface area contributed by atoms with Crippen LogP contribution >= 0.6 is 0 Å². The van der Waals surface area contributed by atoms with Gasteiger partial charge in [-0.25, -0.2) is 9.78 Å². The highest BCUT2D eigenvalue weighted by atomic mass is 16.5. The van der Waals surface area contributed by atoms with Crippen molar-refractivity contribution in [1.82, 2.24) is 4.98 Å². The summed E-state index contributed by atoms with van der Waals surface area (Å²) in [7, 11) is 1.36. The summed E-state index contributed by atoms with van der Waals surface area (Å²) in [5.41, 5.74) is 2.30. The number of ether oxygens (including phenoxy) is 3. The number of para-hydroxylation sites is 2. The molecule has 0 radical (unpaired) electrons. The third kappa shape index (κ3) is 4.76. The molecule has 0 aliphatic rings. The molecular formula is C22H23NO4. The molecule has 1 heterocycles. The van der Waals surface area contributed by atoms with Crippen molar-refractivity contribution in [2.75, 3.05) is 20.3 Å². The van der Waals surface area contributed by atoms with Gasteiger partial charge in [-0.15, -0.1) is 0 Å². The standard InChI is InChI=1S/C22H23NO4/c1-16-12-13-17-8-7-11-20(21(17)23-16)27-15-6-5-14-26-19-10-4-3-9-18(19)22(24)25-2/h3-4,7-13H,5-6,14-15H2,1-2H3. The maximum absolute atomic E-state index is 11.7. The molecule has 0 aliphatic carbocycles. The van der Waals surface area contributed by atoms with Gasteiger partial charge < -0.3 is 14.2 Å². The van der Waals surface area contributed by atoms with E-state index in [-0.39, 0.29) is 0 Å². The van der Waals surface area contributed by atoms with Gasteiger partial charge in [-0.1, -0.05) is 30.3 Å². The van der Waals surface area contributed by atoms with Gasteiger partial charge in [0, 0.05) is 11.1 Å². The van der Waals surface area contributed by atoms with Crippen LogP contribution in [0.2, 0.25) is 0 Å². The van der Waals surface area contributed by atoms with Crippen molar-refractivity contribution in [2.45, 2.75) is 19.8 Å². The van der Waals surface area contributed by atoms with E-state index in [9.17, 15) is 4.79 Å². The van der Waals surface area contributed by atoms with Crippen LogP contribution < -0.4 is 9.47 Å². The smallest absolute Gasteiger partial charge is 0.341 e. The Balaban J connectivity index is 1.48. The Morgan fingerprint density at radius 2 is 1.59 bits per heavy atom. The van der Waals surface area contributed by atoms with Crippen molar-refractivity contribution in [2.24, 2.45) is 0 Å². The Morgan fingerprint density at radius 1 is 0.889 bits per heavy atom. The second-order valence-electron chi connectivity index (χ2n) is 6.17. The number of aryl methyl sites for hydroxylation is 1. The molecule has 0 bridgehead atoms. The molecule has 2 aromatic carbocycles. The van der Waals surface area contributed by atoms with Crippen LogP contribution in [0.15, 0.2) is 54.6 Å². The van der Waals surface area contributed by atoms with E-state index in [4.69, 9.17) is 14.2 Å². The van der Waals surface area contributed by atoms with Crippen LogP contribution in [0.5, 0.6) is 11.5 Å². The molecule has 5 heteroatoms. The minimum absolute atomic E-state index is 0.396. The molecule has 0 fully saturated rings. The number of rotatable bonds is 8. The number of carbonyl (C=O) groups is 1. The highest BCUT2D eigenvalue weighted by Crippen LogP contribution is 2.24. The second kappa shape index (κ2) is 9.03. The van der Waals surface area contributed by atoms with Gasteiger partial charge in [0.05, 0.1) is 20.3 Å². The monoisotopic (exact) mass is 365 g/mol. The molecule has 0 aliphatic heterocycles. The third-order valence-corrected chi connectivity index (χ3v) is 4.17. The number of unbranched alkanes of at least 4 members (excludes halogenated alkanes) is 1. The molecule has 0 N–H and O–H groups in total. The van der Waals surface area contributed by atoms with Gasteiger partial charge in [-0.3, -0.25) is 0 Å². The topological polar surface area (TPSA) is 57.7 Å². The van der Waals surface area contributed by atoms with Crippen LogP contribution in [-0.2, 0) is 4.74 Å². The first kappa shape index (κ1) is 18.7. The molecule has 0 saturated heterocycles. The van der Waals surface area contributed by atoms with Crippen LogP contribution in [0, 0.1) is 6.92 Å². The van der Waals surface area contributed by atoms with Crippen molar-refractivity contribution >= 4 is 16.9 Å². The number of benzene rings is 2. The van der Waals surface area contributed by atoms with E-state index >= 15 is 0 Å². The molecule has 0 spiro atoms. The van der Waals surface area contributed by atoms with Gasteiger partial charge in [-0.2, -0.15) is 0 Å². The number of nitrogens with zero attached hydrogens (tertiary/aromatic N) is 1. The van der Waals surface area contributed by atoms with Crippen LogP contribution in [-0.4, -0.2) is 31.3 Å². The van der Waals surface area contributed by atoms with Gasteiger partial charge in [0.2, 0.25) is 0 Å². The van der Waals surface area contributed by atoms with Crippen LogP contribution in [0.1, 0.15) is 28.9 Å². The van der Waals surface area contributed by atoms with Gasteiger partial charge in [-0.05, 0) is 44.0 Å². The largest absolute Gasteiger partial charge is 0.493 e. The van der Waals surface area contributed by atoms with Crippen molar-refractivity contribution in [3.8, 4) is 11.5 Å². The molecular weight excluding hydrogens is 342 g/mol. The summed E-state index contributed by atoms with van der Waals surface area (Å²) < 4.78 is 16.4.